The lowest BCUT2D eigenvalue weighted by atomic mass is 10.2. The number of nitrogens with zero attached hydrogens (tertiary/aromatic N) is 2. The van der Waals surface area contributed by atoms with Gasteiger partial charge in [-0.2, -0.15) is 0 Å². The fourth-order valence-electron chi connectivity index (χ4n) is 2.87. The molecule has 2 heterocycles. The highest BCUT2D eigenvalue weighted by Gasteiger charge is 2.46. The molecular formula is C15H16ClFN2O2S2. The smallest absolute Gasteiger partial charge is 0.160 e. The van der Waals surface area contributed by atoms with E-state index in [1.165, 1.54) is 17.8 Å². The van der Waals surface area contributed by atoms with Crippen LogP contribution in [-0.4, -0.2) is 48.6 Å². The van der Waals surface area contributed by atoms with Crippen molar-refractivity contribution in [1.82, 2.24) is 4.90 Å². The number of aliphatic imine (C=N–C) groups is 1. The molecule has 1 aromatic carbocycles. The van der Waals surface area contributed by atoms with Crippen LogP contribution in [0.25, 0.3) is 0 Å². The van der Waals surface area contributed by atoms with Gasteiger partial charge in [-0.15, -0.1) is 6.58 Å². The van der Waals surface area contributed by atoms with E-state index < -0.39 is 9.84 Å². The van der Waals surface area contributed by atoms with Gasteiger partial charge in [-0.3, -0.25) is 4.99 Å². The van der Waals surface area contributed by atoms with E-state index in [-0.39, 0.29) is 29.4 Å². The van der Waals surface area contributed by atoms with Crippen LogP contribution < -0.4 is 0 Å². The number of sulfone groups is 1. The topological polar surface area (TPSA) is 49.7 Å². The zero-order chi connectivity index (χ0) is 16.6. The van der Waals surface area contributed by atoms with Gasteiger partial charge in [0.15, 0.2) is 15.0 Å². The molecule has 1 fully saturated rings. The molecule has 0 amide bonds. The summed E-state index contributed by atoms with van der Waals surface area (Å²) >= 11 is 7.42. The summed E-state index contributed by atoms with van der Waals surface area (Å²) in [6, 6.07) is 4.22. The van der Waals surface area contributed by atoms with Crippen molar-refractivity contribution in [2.45, 2.75) is 17.8 Å². The predicted molar refractivity (Wildman–Crippen MR) is 93.3 cm³/mol. The van der Waals surface area contributed by atoms with Crippen LogP contribution in [0.15, 0.2) is 35.8 Å². The van der Waals surface area contributed by atoms with E-state index in [2.05, 4.69) is 11.6 Å². The first-order valence-electron chi connectivity index (χ1n) is 7.13. The van der Waals surface area contributed by atoms with Gasteiger partial charge in [-0.05, 0) is 12.1 Å². The van der Waals surface area contributed by atoms with Crippen LogP contribution in [-0.2, 0) is 15.6 Å². The normalized spacial score (nSPS) is 25.3. The molecule has 0 radical (unpaired) electrons. The number of fused-ring (bicyclic) bond motifs is 1. The zero-order valence-corrected chi connectivity index (χ0v) is 14.7. The Hall–Kier alpha value is -1.05. The quantitative estimate of drug-likeness (QED) is 0.760. The highest BCUT2D eigenvalue weighted by atomic mass is 35.5. The third-order valence-electron chi connectivity index (χ3n) is 3.95. The van der Waals surface area contributed by atoms with Gasteiger partial charge in [0.1, 0.15) is 5.82 Å². The molecule has 1 saturated heterocycles. The molecular weight excluding hydrogens is 359 g/mol. The third kappa shape index (κ3) is 3.41. The van der Waals surface area contributed by atoms with E-state index in [0.717, 1.165) is 5.17 Å². The van der Waals surface area contributed by atoms with Crippen LogP contribution in [0.1, 0.15) is 5.56 Å². The molecule has 2 aliphatic rings. The van der Waals surface area contributed by atoms with Crippen molar-refractivity contribution in [3.63, 3.8) is 0 Å². The van der Waals surface area contributed by atoms with Gasteiger partial charge >= 0.3 is 0 Å². The largest absolute Gasteiger partial charge is 0.342 e. The van der Waals surface area contributed by atoms with E-state index in [4.69, 9.17) is 11.6 Å². The van der Waals surface area contributed by atoms with E-state index >= 15 is 0 Å². The summed E-state index contributed by atoms with van der Waals surface area (Å²) in [5.74, 6) is 0.195. The highest BCUT2D eigenvalue weighted by Crippen LogP contribution is 2.33. The minimum Gasteiger partial charge on any atom is -0.342 e. The number of thioether (sulfide) groups is 1. The first kappa shape index (κ1) is 16.8. The van der Waals surface area contributed by atoms with Gasteiger partial charge in [-0.25, -0.2) is 12.8 Å². The molecule has 0 unspecified atom stereocenters. The van der Waals surface area contributed by atoms with Crippen LogP contribution in [0.5, 0.6) is 0 Å². The first-order valence-corrected chi connectivity index (χ1v) is 10.3. The zero-order valence-electron chi connectivity index (χ0n) is 12.3. The van der Waals surface area contributed by atoms with Crippen molar-refractivity contribution in [2.75, 3.05) is 18.1 Å². The van der Waals surface area contributed by atoms with E-state index in [9.17, 15) is 12.8 Å². The molecule has 0 saturated carbocycles. The Bertz CT molecular complexity index is 746. The Morgan fingerprint density at radius 1 is 1.48 bits per heavy atom. The summed E-state index contributed by atoms with van der Waals surface area (Å²) in [6.07, 6.45) is 1.72. The SMILES string of the molecule is C=CCN1C(SCc2c(F)cccc2Cl)=N[C@H]2CS(=O)(=O)C[C@@H]21. The maximum atomic E-state index is 13.9. The number of hydrogen-bond acceptors (Lipinski definition) is 5. The summed E-state index contributed by atoms with van der Waals surface area (Å²) in [5.41, 5.74) is 0.435. The lowest BCUT2D eigenvalue weighted by molar-refractivity contribution is 0.379. The molecule has 2 atom stereocenters. The van der Waals surface area contributed by atoms with Crippen LogP contribution in [0.4, 0.5) is 4.39 Å². The van der Waals surface area contributed by atoms with Crippen molar-refractivity contribution in [2.24, 2.45) is 4.99 Å². The van der Waals surface area contributed by atoms with Crippen molar-refractivity contribution in [1.29, 1.82) is 0 Å². The summed E-state index contributed by atoms with van der Waals surface area (Å²) in [6.45, 7) is 4.24. The molecule has 1 aromatic rings. The Morgan fingerprint density at radius 2 is 2.26 bits per heavy atom. The summed E-state index contributed by atoms with van der Waals surface area (Å²) in [7, 11) is -3.03. The molecule has 0 spiro atoms. The van der Waals surface area contributed by atoms with Gasteiger partial charge in [0.05, 0.1) is 23.6 Å². The Kier molecular flexibility index (Phi) is 4.71. The molecule has 0 N–H and O–H groups in total. The second-order valence-electron chi connectivity index (χ2n) is 5.55. The molecule has 4 nitrogen and oxygen atoms in total. The van der Waals surface area contributed by atoms with Gasteiger partial charge in [0.2, 0.25) is 0 Å². The fraction of sp³-hybridized carbons (Fsp3) is 0.400. The van der Waals surface area contributed by atoms with Crippen molar-refractivity contribution < 1.29 is 12.8 Å². The molecule has 124 valence electrons. The monoisotopic (exact) mass is 374 g/mol. The maximum Gasteiger partial charge on any atom is 0.160 e. The molecule has 0 aromatic heterocycles. The predicted octanol–water partition coefficient (Wildman–Crippen LogP) is 2.74. The standard InChI is InChI=1S/C15H16ClFN2O2S2/c1-2-6-19-14-9-23(20,21)8-13(14)18-15(19)22-7-10-11(16)4-3-5-12(10)17/h2-5,13-14H,1,6-9H2/t13-,14-/m0/s1. The van der Waals surface area contributed by atoms with Gasteiger partial charge in [0, 0.05) is 22.9 Å². The molecule has 0 aliphatic carbocycles. The molecule has 23 heavy (non-hydrogen) atoms. The Labute approximate surface area is 144 Å². The summed E-state index contributed by atoms with van der Waals surface area (Å²) in [5, 5.41) is 1.11. The third-order valence-corrected chi connectivity index (χ3v) is 7.03. The van der Waals surface area contributed by atoms with E-state index in [1.807, 2.05) is 4.90 Å². The van der Waals surface area contributed by atoms with Crippen LogP contribution >= 0.6 is 23.4 Å². The van der Waals surface area contributed by atoms with Gasteiger partial charge in [-0.1, -0.05) is 35.5 Å². The molecule has 0 bridgehead atoms. The number of benzene rings is 1. The minimum atomic E-state index is -3.03. The van der Waals surface area contributed by atoms with Gasteiger partial charge in [0.25, 0.3) is 0 Å². The molecule has 3 rings (SSSR count). The summed E-state index contributed by atoms with van der Waals surface area (Å²) < 4.78 is 37.4. The number of amidine groups is 1. The first-order chi connectivity index (χ1) is 10.9. The van der Waals surface area contributed by atoms with Gasteiger partial charge < -0.3 is 4.90 Å². The number of hydrogen-bond donors (Lipinski definition) is 0. The summed E-state index contributed by atoms with van der Waals surface area (Å²) in [4.78, 5) is 6.48. The van der Waals surface area contributed by atoms with Crippen LogP contribution in [0.3, 0.4) is 0 Å². The Morgan fingerprint density at radius 3 is 2.96 bits per heavy atom. The molecule has 8 heteroatoms. The number of halogens is 2. The molecule has 2 aliphatic heterocycles. The van der Waals surface area contributed by atoms with E-state index in [1.54, 1.807) is 18.2 Å². The average Bonchev–Trinajstić information content (AvgIpc) is 2.92. The van der Waals surface area contributed by atoms with Crippen molar-refractivity contribution >= 4 is 38.4 Å². The Balaban J connectivity index is 1.78. The fourth-order valence-corrected chi connectivity index (χ4v) is 6.21. The lowest BCUT2D eigenvalue weighted by Crippen LogP contribution is -2.39. The highest BCUT2D eigenvalue weighted by molar-refractivity contribution is 8.13. The second-order valence-corrected chi connectivity index (χ2v) is 9.06. The second kappa shape index (κ2) is 6.45. The van der Waals surface area contributed by atoms with E-state index in [0.29, 0.717) is 22.9 Å². The lowest BCUT2D eigenvalue weighted by Gasteiger charge is -2.24. The van der Waals surface area contributed by atoms with Crippen LogP contribution in [0, 0.1) is 5.82 Å². The van der Waals surface area contributed by atoms with Crippen molar-refractivity contribution in [3.05, 3.63) is 47.3 Å². The van der Waals surface area contributed by atoms with Crippen LogP contribution in [0.2, 0.25) is 5.02 Å². The minimum absolute atomic E-state index is 0.0792. The number of rotatable bonds is 4. The van der Waals surface area contributed by atoms with Crippen molar-refractivity contribution in [3.8, 4) is 0 Å². The average molecular weight is 375 g/mol. The maximum absolute atomic E-state index is 13.9.